The molecule has 102 valence electrons. The second kappa shape index (κ2) is 4.81. The van der Waals surface area contributed by atoms with E-state index in [1.807, 2.05) is 0 Å². The smallest absolute Gasteiger partial charge is 0.338 e. The quantitative estimate of drug-likeness (QED) is 0.855. The van der Waals surface area contributed by atoms with Crippen molar-refractivity contribution >= 4 is 5.97 Å². The number of carbonyl (C=O) groups is 1. The second-order valence-electron chi connectivity index (χ2n) is 5.30. The van der Waals surface area contributed by atoms with Gasteiger partial charge in [-0.05, 0) is 36.5 Å². The molecule has 1 aromatic rings. The van der Waals surface area contributed by atoms with Gasteiger partial charge >= 0.3 is 5.97 Å². The lowest BCUT2D eigenvalue weighted by Crippen LogP contribution is -2.45. The van der Waals surface area contributed by atoms with E-state index < -0.39 is 11.8 Å². The van der Waals surface area contributed by atoms with Gasteiger partial charge < -0.3 is 15.2 Å². The fourth-order valence-corrected chi connectivity index (χ4v) is 2.21. The van der Waals surface area contributed by atoms with Gasteiger partial charge in [-0.3, -0.25) is 0 Å². The number of hydrogen-bond donors (Lipinski definition) is 2. The van der Waals surface area contributed by atoms with Crippen molar-refractivity contribution in [3.05, 3.63) is 29.1 Å². The molecule has 1 heterocycles. The molecule has 5 heteroatoms. The first-order valence-corrected chi connectivity index (χ1v) is 6.55. The Balaban J connectivity index is 1.84. The number of carboxylic acids is 1. The Morgan fingerprint density at radius 2 is 2.16 bits per heavy atom. The van der Waals surface area contributed by atoms with Crippen LogP contribution in [0.3, 0.4) is 0 Å². The molecule has 2 aliphatic rings. The fraction of sp³-hybridized carbons (Fsp3) is 0.500. The zero-order valence-corrected chi connectivity index (χ0v) is 10.5. The van der Waals surface area contributed by atoms with E-state index in [-0.39, 0.29) is 11.3 Å². The van der Waals surface area contributed by atoms with Crippen LogP contribution in [0.15, 0.2) is 12.1 Å². The van der Waals surface area contributed by atoms with Crippen LogP contribution >= 0.6 is 0 Å². The van der Waals surface area contributed by atoms with E-state index in [4.69, 9.17) is 9.84 Å². The number of aromatic carboxylic acids is 1. The van der Waals surface area contributed by atoms with E-state index in [9.17, 15) is 9.18 Å². The zero-order chi connectivity index (χ0) is 13.4. The second-order valence-corrected chi connectivity index (χ2v) is 5.30. The van der Waals surface area contributed by atoms with Gasteiger partial charge in [-0.15, -0.1) is 0 Å². The van der Waals surface area contributed by atoms with Crippen LogP contribution in [0.5, 0.6) is 5.75 Å². The number of ether oxygens (including phenoxy) is 1. The average molecular weight is 265 g/mol. The molecule has 0 bridgehead atoms. The van der Waals surface area contributed by atoms with Crippen molar-refractivity contribution < 1.29 is 19.0 Å². The number of hydrogen-bond acceptors (Lipinski definition) is 3. The highest BCUT2D eigenvalue weighted by Gasteiger charge is 2.28. The van der Waals surface area contributed by atoms with Crippen LogP contribution in [-0.2, 0) is 0 Å². The molecule has 19 heavy (non-hydrogen) atoms. The van der Waals surface area contributed by atoms with E-state index in [0.717, 1.165) is 31.5 Å². The lowest BCUT2D eigenvalue weighted by atomic mass is 10.0. The maximum absolute atomic E-state index is 14.0. The highest BCUT2D eigenvalue weighted by Crippen LogP contribution is 2.42. The van der Waals surface area contributed by atoms with Crippen LogP contribution in [0.4, 0.5) is 4.39 Å². The molecule has 0 radical (unpaired) electrons. The Hall–Kier alpha value is -1.62. The molecular formula is C14H16FNO3. The molecule has 1 aromatic carbocycles. The molecule has 2 N–H and O–H groups in total. The minimum Gasteiger partial charge on any atom is -0.490 e. The third-order valence-electron chi connectivity index (χ3n) is 3.68. The monoisotopic (exact) mass is 265 g/mol. The Bertz CT molecular complexity index is 510. The van der Waals surface area contributed by atoms with Gasteiger partial charge in [0.25, 0.3) is 0 Å². The van der Waals surface area contributed by atoms with Crippen molar-refractivity contribution in [2.24, 2.45) is 5.92 Å². The Morgan fingerprint density at radius 3 is 2.68 bits per heavy atom. The molecule has 0 spiro atoms. The number of carboxylic acid groups (broad SMARTS) is 1. The molecule has 3 rings (SSSR count). The summed E-state index contributed by atoms with van der Waals surface area (Å²) in [5, 5.41) is 12.2. The summed E-state index contributed by atoms with van der Waals surface area (Å²) in [6, 6.07) is 3.10. The minimum atomic E-state index is -1.24. The SMILES string of the molecule is O=C(O)c1cc(C2CC2)cc(OCC2CNC2)c1F. The Labute approximate surface area is 110 Å². The first kappa shape index (κ1) is 12.4. The summed E-state index contributed by atoms with van der Waals surface area (Å²) in [5.41, 5.74) is 0.590. The van der Waals surface area contributed by atoms with Crippen LogP contribution in [0.25, 0.3) is 0 Å². The number of nitrogens with one attached hydrogen (secondary N) is 1. The van der Waals surface area contributed by atoms with Gasteiger partial charge in [0.1, 0.15) is 0 Å². The summed E-state index contributed by atoms with van der Waals surface area (Å²) < 4.78 is 19.5. The molecule has 1 saturated carbocycles. The third kappa shape index (κ3) is 2.56. The molecular weight excluding hydrogens is 249 g/mol. The van der Waals surface area contributed by atoms with Crippen molar-refractivity contribution in [1.82, 2.24) is 5.32 Å². The molecule has 0 amide bonds. The standard InChI is InChI=1S/C14H16FNO3/c15-13-11(14(17)18)3-10(9-1-2-9)4-12(13)19-7-8-5-16-6-8/h3-4,8-9,16H,1-2,5-7H2,(H,17,18). The molecule has 0 aromatic heterocycles. The topological polar surface area (TPSA) is 58.6 Å². The van der Waals surface area contributed by atoms with Crippen LogP contribution in [-0.4, -0.2) is 30.8 Å². The highest BCUT2D eigenvalue weighted by atomic mass is 19.1. The van der Waals surface area contributed by atoms with Gasteiger partial charge in [-0.2, -0.15) is 0 Å². The van der Waals surface area contributed by atoms with E-state index in [1.165, 1.54) is 6.07 Å². The Kier molecular flexibility index (Phi) is 3.14. The summed E-state index contributed by atoms with van der Waals surface area (Å²) in [6.07, 6.45) is 2.08. The maximum atomic E-state index is 14.0. The van der Waals surface area contributed by atoms with Gasteiger partial charge in [0.15, 0.2) is 11.6 Å². The van der Waals surface area contributed by atoms with Crippen molar-refractivity contribution in [1.29, 1.82) is 0 Å². The van der Waals surface area contributed by atoms with Crippen molar-refractivity contribution in [3.63, 3.8) is 0 Å². The average Bonchev–Trinajstić information content (AvgIpc) is 3.12. The van der Waals surface area contributed by atoms with Gasteiger partial charge in [0, 0.05) is 19.0 Å². The van der Waals surface area contributed by atoms with E-state index >= 15 is 0 Å². The van der Waals surface area contributed by atoms with Gasteiger partial charge in [-0.25, -0.2) is 9.18 Å². The highest BCUT2D eigenvalue weighted by molar-refractivity contribution is 5.88. The van der Waals surface area contributed by atoms with Crippen LogP contribution in [0, 0.1) is 11.7 Å². The lowest BCUT2D eigenvalue weighted by molar-refractivity contribution is 0.0690. The summed E-state index contributed by atoms with van der Waals surface area (Å²) in [6.45, 7) is 2.17. The largest absolute Gasteiger partial charge is 0.490 e. The number of halogens is 1. The number of rotatable bonds is 5. The van der Waals surface area contributed by atoms with Crippen LogP contribution in [0.1, 0.15) is 34.7 Å². The van der Waals surface area contributed by atoms with Crippen molar-refractivity contribution in [3.8, 4) is 5.75 Å². The molecule has 2 fully saturated rings. The predicted molar refractivity (Wildman–Crippen MR) is 67.2 cm³/mol. The fourth-order valence-electron chi connectivity index (χ4n) is 2.21. The Morgan fingerprint density at radius 1 is 1.42 bits per heavy atom. The molecule has 1 aliphatic carbocycles. The zero-order valence-electron chi connectivity index (χ0n) is 10.5. The minimum absolute atomic E-state index is 0.0775. The van der Waals surface area contributed by atoms with E-state index in [1.54, 1.807) is 6.07 Å². The van der Waals surface area contributed by atoms with Gasteiger partial charge in [0.2, 0.25) is 0 Å². The summed E-state index contributed by atoms with van der Waals surface area (Å²) in [7, 11) is 0. The summed E-state index contributed by atoms with van der Waals surface area (Å²) in [4.78, 5) is 11.1. The lowest BCUT2D eigenvalue weighted by Gasteiger charge is -2.27. The third-order valence-corrected chi connectivity index (χ3v) is 3.68. The first-order chi connectivity index (χ1) is 9.15. The van der Waals surface area contributed by atoms with Gasteiger partial charge in [-0.1, -0.05) is 0 Å². The van der Waals surface area contributed by atoms with Crippen molar-refractivity contribution in [2.45, 2.75) is 18.8 Å². The molecule has 0 atom stereocenters. The van der Waals surface area contributed by atoms with Crippen molar-refractivity contribution in [2.75, 3.05) is 19.7 Å². The molecule has 0 unspecified atom stereocenters. The summed E-state index contributed by atoms with van der Waals surface area (Å²) >= 11 is 0. The molecule has 1 saturated heterocycles. The molecule has 4 nitrogen and oxygen atoms in total. The predicted octanol–water partition coefficient (Wildman–Crippen LogP) is 2.00. The summed E-state index contributed by atoms with van der Waals surface area (Å²) in [5.74, 6) is -1.17. The normalized spacial score (nSPS) is 19.0. The van der Waals surface area contributed by atoms with E-state index in [0.29, 0.717) is 18.4 Å². The van der Waals surface area contributed by atoms with Gasteiger partial charge in [0.05, 0.1) is 12.2 Å². The molecule has 1 aliphatic heterocycles. The van der Waals surface area contributed by atoms with E-state index in [2.05, 4.69) is 5.32 Å². The van der Waals surface area contributed by atoms with Crippen LogP contribution < -0.4 is 10.1 Å². The first-order valence-electron chi connectivity index (χ1n) is 6.55. The maximum Gasteiger partial charge on any atom is 0.338 e. The van der Waals surface area contributed by atoms with Crippen LogP contribution in [0.2, 0.25) is 0 Å². The number of benzene rings is 1.